The zero-order chi connectivity index (χ0) is 16.7. The first kappa shape index (κ1) is 15.8. The molecule has 3 heterocycles. The van der Waals surface area contributed by atoms with Crippen molar-refractivity contribution in [1.29, 1.82) is 0 Å². The lowest BCUT2D eigenvalue weighted by molar-refractivity contribution is 0.278. The highest BCUT2D eigenvalue weighted by atomic mass is 32.2. The third-order valence-corrected chi connectivity index (χ3v) is 6.82. The van der Waals surface area contributed by atoms with Crippen LogP contribution in [0.2, 0.25) is 0 Å². The maximum Gasteiger partial charge on any atom is 0.243 e. The number of likely N-dealkylation sites (tertiary alicyclic amines) is 1. The fourth-order valence-electron chi connectivity index (χ4n) is 3.84. The highest BCUT2D eigenvalue weighted by Gasteiger charge is 2.44. The molecule has 24 heavy (non-hydrogen) atoms. The highest BCUT2D eigenvalue weighted by molar-refractivity contribution is 7.89. The summed E-state index contributed by atoms with van der Waals surface area (Å²) in [5.41, 5.74) is 0.946. The second-order valence-electron chi connectivity index (χ2n) is 6.78. The van der Waals surface area contributed by atoms with Gasteiger partial charge in [0.05, 0.1) is 10.6 Å². The van der Waals surface area contributed by atoms with Gasteiger partial charge in [-0.3, -0.25) is 4.90 Å². The van der Waals surface area contributed by atoms with Gasteiger partial charge in [-0.1, -0.05) is 23.4 Å². The van der Waals surface area contributed by atoms with Gasteiger partial charge in [0, 0.05) is 38.8 Å². The third-order valence-electron chi connectivity index (χ3n) is 4.97. The van der Waals surface area contributed by atoms with Crippen LogP contribution in [0.3, 0.4) is 0 Å². The Bertz CT molecular complexity index is 805. The summed E-state index contributed by atoms with van der Waals surface area (Å²) in [6.07, 6.45) is 0. The standard InChI is InChI=1S/C17H21N3O3S/c1-13-7-16(18-23-13)12-19-8-14-10-20(11-15(14)9-19)24(21,22)17-5-3-2-4-6-17/h2-7,14-15H,8-12H2,1H3. The van der Waals surface area contributed by atoms with Gasteiger partial charge in [-0.05, 0) is 30.9 Å². The largest absolute Gasteiger partial charge is 0.361 e. The number of rotatable bonds is 4. The van der Waals surface area contributed by atoms with Gasteiger partial charge in [0.15, 0.2) is 0 Å². The average molecular weight is 347 g/mol. The maximum atomic E-state index is 12.7. The molecule has 1 aromatic carbocycles. The number of aromatic nitrogens is 1. The van der Waals surface area contributed by atoms with Crippen LogP contribution in [0.4, 0.5) is 0 Å². The van der Waals surface area contributed by atoms with Crippen molar-refractivity contribution >= 4 is 10.0 Å². The summed E-state index contributed by atoms with van der Waals surface area (Å²) in [5, 5.41) is 4.04. The quantitative estimate of drug-likeness (QED) is 0.843. The molecule has 0 aliphatic carbocycles. The van der Waals surface area contributed by atoms with E-state index in [-0.39, 0.29) is 0 Å². The molecule has 1 aromatic heterocycles. The van der Waals surface area contributed by atoms with Crippen LogP contribution >= 0.6 is 0 Å². The van der Waals surface area contributed by atoms with Crippen LogP contribution in [-0.4, -0.2) is 49.0 Å². The van der Waals surface area contributed by atoms with E-state index in [1.54, 1.807) is 28.6 Å². The lowest BCUT2D eigenvalue weighted by Gasteiger charge is -2.20. The number of fused-ring (bicyclic) bond motifs is 1. The first-order chi connectivity index (χ1) is 11.5. The molecule has 0 spiro atoms. The topological polar surface area (TPSA) is 66.7 Å². The van der Waals surface area contributed by atoms with Crippen molar-refractivity contribution in [3.05, 3.63) is 47.9 Å². The molecule has 2 aromatic rings. The molecule has 2 atom stereocenters. The summed E-state index contributed by atoms with van der Waals surface area (Å²) in [5.74, 6) is 1.62. The molecule has 2 unspecified atom stereocenters. The molecule has 0 amide bonds. The minimum absolute atomic E-state index is 0.389. The Morgan fingerprint density at radius 1 is 1.12 bits per heavy atom. The van der Waals surface area contributed by atoms with Crippen LogP contribution < -0.4 is 0 Å². The van der Waals surface area contributed by atoms with E-state index in [0.717, 1.165) is 31.1 Å². The lowest BCUT2D eigenvalue weighted by atomic mass is 10.0. The van der Waals surface area contributed by atoms with Crippen LogP contribution in [0.1, 0.15) is 11.5 Å². The number of aryl methyl sites for hydroxylation is 1. The molecule has 2 aliphatic heterocycles. The minimum Gasteiger partial charge on any atom is -0.361 e. The van der Waals surface area contributed by atoms with Crippen molar-refractivity contribution in [2.45, 2.75) is 18.4 Å². The molecule has 0 N–H and O–H groups in total. The molecule has 0 bridgehead atoms. The molecule has 2 aliphatic rings. The van der Waals surface area contributed by atoms with E-state index in [4.69, 9.17) is 4.52 Å². The van der Waals surface area contributed by atoms with Gasteiger partial charge < -0.3 is 4.52 Å². The van der Waals surface area contributed by atoms with Crippen LogP contribution in [-0.2, 0) is 16.6 Å². The normalized spacial score (nSPS) is 25.2. The fraction of sp³-hybridized carbons (Fsp3) is 0.471. The molecule has 0 saturated carbocycles. The SMILES string of the molecule is Cc1cc(CN2CC3CN(S(=O)(=O)c4ccccc4)CC3C2)no1. The number of hydrogen-bond donors (Lipinski definition) is 0. The van der Waals surface area contributed by atoms with E-state index in [0.29, 0.717) is 29.8 Å². The van der Waals surface area contributed by atoms with Crippen molar-refractivity contribution in [3.8, 4) is 0 Å². The van der Waals surface area contributed by atoms with E-state index in [1.165, 1.54) is 0 Å². The Morgan fingerprint density at radius 2 is 1.79 bits per heavy atom. The van der Waals surface area contributed by atoms with Gasteiger partial charge in [0.2, 0.25) is 10.0 Å². The van der Waals surface area contributed by atoms with Crippen LogP contribution in [0.5, 0.6) is 0 Å². The number of benzene rings is 1. The second kappa shape index (κ2) is 5.98. The first-order valence-electron chi connectivity index (χ1n) is 8.22. The summed E-state index contributed by atoms with van der Waals surface area (Å²) in [6.45, 7) is 5.71. The molecule has 2 fully saturated rings. The fourth-order valence-corrected chi connectivity index (χ4v) is 5.41. The zero-order valence-electron chi connectivity index (χ0n) is 13.6. The molecular formula is C17H21N3O3S. The Balaban J connectivity index is 1.41. The minimum atomic E-state index is -3.37. The van der Waals surface area contributed by atoms with E-state index in [1.807, 2.05) is 19.1 Å². The van der Waals surface area contributed by atoms with Crippen molar-refractivity contribution in [1.82, 2.24) is 14.4 Å². The summed E-state index contributed by atoms with van der Waals surface area (Å²) in [4.78, 5) is 2.74. The van der Waals surface area contributed by atoms with E-state index in [2.05, 4.69) is 10.1 Å². The Labute approximate surface area is 142 Å². The van der Waals surface area contributed by atoms with Crippen LogP contribution in [0, 0.1) is 18.8 Å². The molecule has 128 valence electrons. The van der Waals surface area contributed by atoms with Gasteiger partial charge in [-0.2, -0.15) is 4.31 Å². The predicted octanol–water partition coefficient (Wildman–Crippen LogP) is 1.74. The monoisotopic (exact) mass is 347 g/mol. The average Bonchev–Trinajstić information content (AvgIpc) is 3.23. The molecule has 2 saturated heterocycles. The van der Waals surface area contributed by atoms with Gasteiger partial charge in [0.1, 0.15) is 5.76 Å². The van der Waals surface area contributed by atoms with Gasteiger partial charge in [-0.25, -0.2) is 8.42 Å². The van der Waals surface area contributed by atoms with Crippen LogP contribution in [0.15, 0.2) is 45.8 Å². The number of nitrogens with zero attached hydrogens (tertiary/aromatic N) is 3. The molecule has 7 heteroatoms. The van der Waals surface area contributed by atoms with Crippen molar-refractivity contribution < 1.29 is 12.9 Å². The number of sulfonamides is 1. The maximum absolute atomic E-state index is 12.7. The van der Waals surface area contributed by atoms with Gasteiger partial charge in [0.25, 0.3) is 0 Å². The van der Waals surface area contributed by atoms with Crippen molar-refractivity contribution in [2.75, 3.05) is 26.2 Å². The van der Waals surface area contributed by atoms with Gasteiger partial charge in [-0.15, -0.1) is 0 Å². The van der Waals surface area contributed by atoms with Crippen molar-refractivity contribution in [2.24, 2.45) is 11.8 Å². The molecular weight excluding hydrogens is 326 g/mol. The third kappa shape index (κ3) is 2.87. The smallest absolute Gasteiger partial charge is 0.243 e. The number of hydrogen-bond acceptors (Lipinski definition) is 5. The first-order valence-corrected chi connectivity index (χ1v) is 9.66. The molecule has 0 radical (unpaired) electrons. The zero-order valence-corrected chi connectivity index (χ0v) is 14.4. The van der Waals surface area contributed by atoms with E-state index in [9.17, 15) is 8.42 Å². The Morgan fingerprint density at radius 3 is 2.38 bits per heavy atom. The summed E-state index contributed by atoms with van der Waals surface area (Å²) < 4.78 is 32.2. The van der Waals surface area contributed by atoms with E-state index >= 15 is 0 Å². The highest BCUT2D eigenvalue weighted by Crippen LogP contribution is 2.34. The second-order valence-corrected chi connectivity index (χ2v) is 8.72. The lowest BCUT2D eigenvalue weighted by Crippen LogP contribution is -2.33. The van der Waals surface area contributed by atoms with Gasteiger partial charge >= 0.3 is 0 Å². The Kier molecular flexibility index (Phi) is 3.94. The summed E-state index contributed by atoms with van der Waals surface area (Å²) in [6, 6.07) is 10.7. The van der Waals surface area contributed by atoms with E-state index < -0.39 is 10.0 Å². The summed E-state index contributed by atoms with van der Waals surface area (Å²) in [7, 11) is -3.37. The van der Waals surface area contributed by atoms with Crippen LogP contribution in [0.25, 0.3) is 0 Å². The Hall–Kier alpha value is -1.70. The summed E-state index contributed by atoms with van der Waals surface area (Å²) >= 11 is 0. The van der Waals surface area contributed by atoms with Crippen molar-refractivity contribution in [3.63, 3.8) is 0 Å². The predicted molar refractivity (Wildman–Crippen MR) is 88.7 cm³/mol. The molecule has 4 rings (SSSR count). The molecule has 6 nitrogen and oxygen atoms in total.